The largest absolute Gasteiger partial charge is 0.569 e. The normalized spacial score (nSPS) is 10.6. The number of sulfone groups is 1. The van der Waals surface area contributed by atoms with E-state index in [2.05, 4.69) is 10.2 Å². The van der Waals surface area contributed by atoms with Crippen molar-refractivity contribution in [3.05, 3.63) is 59.4 Å². The average molecular weight is 401 g/mol. The monoisotopic (exact) mass is 401 g/mol. The first kappa shape index (κ1) is 21.3. The predicted molar refractivity (Wildman–Crippen MR) is 104 cm³/mol. The van der Waals surface area contributed by atoms with E-state index in [1.807, 2.05) is 0 Å². The second-order valence-corrected chi connectivity index (χ2v) is 7.82. The molecular formula is C18H18BN2O6S. The van der Waals surface area contributed by atoms with Gasteiger partial charge < -0.3 is 14.4 Å². The Hall–Kier alpha value is -3.03. The van der Waals surface area contributed by atoms with E-state index in [0.29, 0.717) is 19.9 Å². The highest BCUT2D eigenvalue weighted by Crippen LogP contribution is 2.28. The molecule has 8 nitrogen and oxygen atoms in total. The summed E-state index contributed by atoms with van der Waals surface area (Å²) in [6.45, 7) is 8.78. The van der Waals surface area contributed by atoms with Crippen molar-refractivity contribution in [3.63, 3.8) is 0 Å². The molecular weight excluding hydrogens is 383 g/mol. The lowest BCUT2D eigenvalue weighted by molar-refractivity contribution is 0.163. The van der Waals surface area contributed by atoms with E-state index in [9.17, 15) is 13.2 Å². The van der Waals surface area contributed by atoms with Crippen LogP contribution in [0, 0.1) is 6.57 Å². The number of rotatable bonds is 8. The molecule has 0 aliphatic heterocycles. The summed E-state index contributed by atoms with van der Waals surface area (Å²) in [5.74, 6) is 0.365. The minimum absolute atomic E-state index is 0.0536. The minimum atomic E-state index is -3.52. The number of carbonyl (C=O) groups is 1. The van der Waals surface area contributed by atoms with Crippen LogP contribution in [0.15, 0.2) is 47.4 Å². The standard InChI is InChI=1S/C18H18BN2O6S/c1-3-28(24,25)17-9-6-14(12-16(17)20-2)21-18(22)26-11-10-13-4-7-15(8-5-13)27-19-23/h4-9,12,23H,3,10-11H2,1H3,(H,21,22). The maximum Gasteiger partial charge on any atom is 0.569 e. The molecule has 2 N–H and O–H groups in total. The molecule has 0 saturated carbocycles. The lowest BCUT2D eigenvalue weighted by atomic mass is 10.1. The van der Waals surface area contributed by atoms with Gasteiger partial charge in [0.05, 0.1) is 29.6 Å². The Labute approximate surface area is 164 Å². The zero-order valence-electron chi connectivity index (χ0n) is 15.1. The summed E-state index contributed by atoms with van der Waals surface area (Å²) < 4.78 is 33.8. The van der Waals surface area contributed by atoms with E-state index in [0.717, 1.165) is 5.56 Å². The van der Waals surface area contributed by atoms with Gasteiger partial charge in [0.25, 0.3) is 0 Å². The van der Waals surface area contributed by atoms with Crippen LogP contribution in [0.25, 0.3) is 4.85 Å². The van der Waals surface area contributed by atoms with Gasteiger partial charge >= 0.3 is 13.8 Å². The predicted octanol–water partition coefficient (Wildman–Crippen LogP) is 2.73. The quantitative estimate of drug-likeness (QED) is 0.521. The van der Waals surface area contributed by atoms with Crippen LogP contribution in [-0.4, -0.2) is 39.6 Å². The zero-order valence-corrected chi connectivity index (χ0v) is 15.9. The van der Waals surface area contributed by atoms with Crippen LogP contribution in [0.2, 0.25) is 0 Å². The number of anilines is 1. The van der Waals surface area contributed by atoms with Crippen LogP contribution >= 0.6 is 0 Å². The summed E-state index contributed by atoms with van der Waals surface area (Å²) in [6.07, 6.45) is -0.241. The molecule has 2 rings (SSSR count). The molecule has 0 heterocycles. The van der Waals surface area contributed by atoms with E-state index >= 15 is 0 Å². The van der Waals surface area contributed by atoms with Gasteiger partial charge in [-0.15, -0.1) is 0 Å². The Morgan fingerprint density at radius 2 is 1.96 bits per heavy atom. The molecule has 0 unspecified atom stereocenters. The molecule has 0 fully saturated rings. The Morgan fingerprint density at radius 3 is 2.57 bits per heavy atom. The molecule has 0 atom stereocenters. The Balaban J connectivity index is 1.91. The number of carbonyl (C=O) groups excluding carboxylic acids is 1. The number of nitrogens with zero attached hydrogens (tertiary/aromatic N) is 1. The maximum absolute atomic E-state index is 12.0. The molecule has 0 aliphatic carbocycles. The van der Waals surface area contributed by atoms with Crippen LogP contribution in [0.3, 0.4) is 0 Å². The van der Waals surface area contributed by atoms with Gasteiger partial charge in [-0.05, 0) is 29.8 Å². The topological polar surface area (TPSA) is 106 Å². The number of hydrogen-bond acceptors (Lipinski definition) is 6. The first-order valence-corrected chi connectivity index (χ1v) is 9.94. The second kappa shape index (κ2) is 9.78. The van der Waals surface area contributed by atoms with Crippen molar-refractivity contribution in [2.75, 3.05) is 17.7 Å². The lowest BCUT2D eigenvalue weighted by Crippen LogP contribution is -2.15. The van der Waals surface area contributed by atoms with Gasteiger partial charge in [0, 0.05) is 12.1 Å². The van der Waals surface area contributed by atoms with Gasteiger partial charge in [0.15, 0.2) is 9.84 Å². The van der Waals surface area contributed by atoms with E-state index < -0.39 is 15.9 Å². The molecule has 28 heavy (non-hydrogen) atoms. The minimum Gasteiger partial charge on any atom is -0.537 e. The highest BCUT2D eigenvalue weighted by molar-refractivity contribution is 7.91. The smallest absolute Gasteiger partial charge is 0.537 e. The van der Waals surface area contributed by atoms with E-state index in [-0.39, 0.29) is 28.6 Å². The Bertz CT molecular complexity index is 971. The number of benzene rings is 2. The zero-order chi connectivity index (χ0) is 20.6. The average Bonchev–Trinajstić information content (AvgIpc) is 2.69. The Morgan fingerprint density at radius 1 is 1.25 bits per heavy atom. The highest BCUT2D eigenvalue weighted by atomic mass is 32.2. The molecule has 0 aliphatic rings. The number of ether oxygens (including phenoxy) is 1. The molecule has 2 aromatic carbocycles. The van der Waals surface area contributed by atoms with Gasteiger partial charge in [0.1, 0.15) is 0 Å². The molecule has 0 spiro atoms. The van der Waals surface area contributed by atoms with Crippen molar-refractivity contribution in [1.29, 1.82) is 0 Å². The van der Waals surface area contributed by atoms with Crippen LogP contribution in [0.5, 0.6) is 5.75 Å². The second-order valence-electron chi connectivity index (χ2n) is 5.58. The summed E-state index contributed by atoms with van der Waals surface area (Å²) in [5, 5.41) is 11.0. The van der Waals surface area contributed by atoms with Crippen LogP contribution in [0.4, 0.5) is 16.2 Å². The summed E-state index contributed by atoms with van der Waals surface area (Å²) in [4.78, 5) is 15.1. The number of nitrogens with one attached hydrogen (secondary N) is 1. The van der Waals surface area contributed by atoms with Crippen LogP contribution in [-0.2, 0) is 21.0 Å². The van der Waals surface area contributed by atoms with E-state index in [4.69, 9.17) is 21.0 Å². The molecule has 0 bridgehead atoms. The molecule has 10 heteroatoms. The first-order valence-electron chi connectivity index (χ1n) is 8.29. The first-order chi connectivity index (χ1) is 13.4. The molecule has 1 radical (unpaired) electrons. The fraction of sp³-hybridized carbons (Fsp3) is 0.222. The SMILES string of the molecule is [C-]#[N+]c1cc(NC(=O)OCCc2ccc(O[B]O)cc2)ccc1S(=O)(=O)CC. The number of hydrogen-bond donors (Lipinski definition) is 2. The van der Waals surface area contributed by atoms with Crippen LogP contribution in [0.1, 0.15) is 12.5 Å². The Kier molecular flexibility index (Phi) is 7.43. The van der Waals surface area contributed by atoms with Crippen molar-refractivity contribution < 1.29 is 27.6 Å². The molecule has 0 saturated heterocycles. The van der Waals surface area contributed by atoms with Crippen molar-refractivity contribution in [2.45, 2.75) is 18.2 Å². The van der Waals surface area contributed by atoms with Gasteiger partial charge in [-0.1, -0.05) is 25.1 Å². The van der Waals surface area contributed by atoms with E-state index in [1.54, 1.807) is 24.3 Å². The summed E-state index contributed by atoms with van der Waals surface area (Å²) >= 11 is 0. The van der Waals surface area contributed by atoms with Crippen molar-refractivity contribution in [1.82, 2.24) is 0 Å². The van der Waals surface area contributed by atoms with Crippen molar-refractivity contribution in [3.8, 4) is 5.75 Å². The third-order valence-electron chi connectivity index (χ3n) is 3.78. The summed E-state index contributed by atoms with van der Waals surface area (Å²) in [7, 11) is -2.93. The fourth-order valence-corrected chi connectivity index (χ4v) is 3.32. The summed E-state index contributed by atoms with van der Waals surface area (Å²) in [5.41, 5.74) is 1.12. The van der Waals surface area contributed by atoms with Crippen LogP contribution < -0.4 is 9.97 Å². The highest BCUT2D eigenvalue weighted by Gasteiger charge is 2.17. The van der Waals surface area contributed by atoms with Gasteiger partial charge in [-0.25, -0.2) is 18.1 Å². The summed E-state index contributed by atoms with van der Waals surface area (Å²) in [6, 6.07) is 10.9. The van der Waals surface area contributed by atoms with Crippen molar-refractivity contribution in [2.24, 2.45) is 0 Å². The molecule has 2 aromatic rings. The third kappa shape index (κ3) is 5.74. The van der Waals surface area contributed by atoms with Gasteiger partial charge in [-0.3, -0.25) is 5.32 Å². The maximum atomic E-state index is 12.0. The molecule has 1 amide bonds. The lowest BCUT2D eigenvalue weighted by Gasteiger charge is -2.10. The molecule has 145 valence electrons. The number of amides is 1. The molecule has 0 aromatic heterocycles. The van der Waals surface area contributed by atoms with Crippen molar-refractivity contribution >= 4 is 35.0 Å². The fourth-order valence-electron chi connectivity index (χ4n) is 2.31. The van der Waals surface area contributed by atoms with E-state index in [1.165, 1.54) is 25.1 Å². The van der Waals surface area contributed by atoms with Gasteiger partial charge in [0.2, 0.25) is 5.69 Å². The third-order valence-corrected chi connectivity index (χ3v) is 5.55. The van der Waals surface area contributed by atoms with Gasteiger partial charge in [-0.2, -0.15) is 0 Å².